The van der Waals surface area contributed by atoms with Gasteiger partial charge in [-0.15, -0.1) is 0 Å². The summed E-state index contributed by atoms with van der Waals surface area (Å²) in [6.07, 6.45) is 2.85. The maximum Gasteiger partial charge on any atom is 0.305 e. The smallest absolute Gasteiger partial charge is 0.305 e. The molecule has 0 spiro atoms. The summed E-state index contributed by atoms with van der Waals surface area (Å²) < 4.78 is 0. The van der Waals surface area contributed by atoms with Crippen LogP contribution >= 0.6 is 0 Å². The number of nitrogens with one attached hydrogen (secondary N) is 1. The summed E-state index contributed by atoms with van der Waals surface area (Å²) in [5, 5.41) is 11.5. The number of nitrogens with zero attached hydrogens (tertiary/aromatic N) is 1. The van der Waals surface area contributed by atoms with Crippen LogP contribution in [0.4, 0.5) is 0 Å². The first-order chi connectivity index (χ1) is 9.71. The Morgan fingerprint density at radius 1 is 1.19 bits per heavy atom. The van der Waals surface area contributed by atoms with Crippen LogP contribution in [-0.2, 0) is 14.4 Å². The Labute approximate surface area is 125 Å². The summed E-state index contributed by atoms with van der Waals surface area (Å²) in [7, 11) is 0. The molecule has 0 aliphatic heterocycles. The molecule has 0 saturated heterocycles. The number of rotatable bonds is 8. The zero-order chi connectivity index (χ0) is 16.0. The fraction of sp³-hybridized carbons (Fsp3) is 0.800. The van der Waals surface area contributed by atoms with Gasteiger partial charge in [-0.25, -0.2) is 0 Å². The molecule has 1 rings (SSSR count). The van der Waals surface area contributed by atoms with Crippen molar-refractivity contribution in [1.82, 2.24) is 10.2 Å². The predicted molar refractivity (Wildman–Crippen MR) is 78.7 cm³/mol. The van der Waals surface area contributed by atoms with Gasteiger partial charge >= 0.3 is 5.97 Å². The lowest BCUT2D eigenvalue weighted by Gasteiger charge is -2.22. The van der Waals surface area contributed by atoms with Crippen LogP contribution in [0.5, 0.6) is 0 Å². The molecule has 1 fully saturated rings. The van der Waals surface area contributed by atoms with Gasteiger partial charge in [0.15, 0.2) is 0 Å². The van der Waals surface area contributed by atoms with Crippen molar-refractivity contribution in [3.63, 3.8) is 0 Å². The molecular formula is C15H26N2O4. The number of carbonyl (C=O) groups excluding carboxylic acids is 2. The maximum atomic E-state index is 12.1. The fourth-order valence-corrected chi connectivity index (χ4v) is 1.96. The second-order valence-corrected chi connectivity index (χ2v) is 6.57. The van der Waals surface area contributed by atoms with Gasteiger partial charge in [-0.05, 0) is 19.3 Å². The first-order valence-corrected chi connectivity index (χ1v) is 7.51. The topological polar surface area (TPSA) is 86.7 Å². The summed E-state index contributed by atoms with van der Waals surface area (Å²) >= 11 is 0. The molecule has 1 aliphatic rings. The Kier molecular flexibility index (Phi) is 6.18. The Morgan fingerprint density at radius 2 is 1.81 bits per heavy atom. The second kappa shape index (κ2) is 7.43. The van der Waals surface area contributed by atoms with Gasteiger partial charge in [-0.3, -0.25) is 14.4 Å². The molecule has 0 aromatic carbocycles. The van der Waals surface area contributed by atoms with Crippen LogP contribution in [0.2, 0.25) is 0 Å². The van der Waals surface area contributed by atoms with Crippen molar-refractivity contribution in [1.29, 1.82) is 0 Å². The van der Waals surface area contributed by atoms with Gasteiger partial charge in [0.05, 0.1) is 6.42 Å². The van der Waals surface area contributed by atoms with E-state index < -0.39 is 11.4 Å². The minimum Gasteiger partial charge on any atom is -0.481 e. The second-order valence-electron chi connectivity index (χ2n) is 6.57. The van der Waals surface area contributed by atoms with Crippen LogP contribution in [0.3, 0.4) is 0 Å². The largest absolute Gasteiger partial charge is 0.481 e. The van der Waals surface area contributed by atoms with E-state index in [0.717, 1.165) is 12.8 Å². The van der Waals surface area contributed by atoms with Crippen LogP contribution < -0.4 is 5.32 Å². The lowest BCUT2D eigenvalue weighted by Crippen LogP contribution is -2.37. The standard InChI is InChI=1S/C15H26N2O4/c1-15(2,3)14(21)16-9-4-5-12(18)17(11-6-7-11)10-8-13(19)20/h11H,4-10H2,1-3H3,(H,16,21)(H,19,20). The van der Waals surface area contributed by atoms with Crippen LogP contribution in [0.25, 0.3) is 0 Å². The number of amides is 2. The molecule has 1 saturated carbocycles. The number of aliphatic carboxylic acids is 1. The van der Waals surface area contributed by atoms with E-state index in [0.29, 0.717) is 19.4 Å². The van der Waals surface area contributed by atoms with Crippen molar-refractivity contribution in [2.24, 2.45) is 5.41 Å². The number of hydrogen-bond acceptors (Lipinski definition) is 3. The van der Waals surface area contributed by atoms with Gasteiger partial charge < -0.3 is 15.3 Å². The lowest BCUT2D eigenvalue weighted by atomic mass is 9.96. The first-order valence-electron chi connectivity index (χ1n) is 7.51. The predicted octanol–water partition coefficient (Wildman–Crippen LogP) is 1.39. The van der Waals surface area contributed by atoms with Gasteiger partial charge in [0.1, 0.15) is 0 Å². The van der Waals surface area contributed by atoms with Crippen LogP contribution in [-0.4, -0.2) is 46.9 Å². The summed E-state index contributed by atoms with van der Waals surface area (Å²) in [6.45, 7) is 6.28. The van der Waals surface area contributed by atoms with Gasteiger partial charge in [-0.1, -0.05) is 20.8 Å². The SMILES string of the molecule is CC(C)(C)C(=O)NCCCC(=O)N(CCC(=O)O)C1CC1. The molecule has 21 heavy (non-hydrogen) atoms. The van der Waals surface area contributed by atoms with E-state index in [1.54, 1.807) is 4.90 Å². The Morgan fingerprint density at radius 3 is 2.29 bits per heavy atom. The summed E-state index contributed by atoms with van der Waals surface area (Å²) in [5.41, 5.74) is -0.425. The van der Waals surface area contributed by atoms with E-state index in [9.17, 15) is 14.4 Å². The highest BCUT2D eigenvalue weighted by Crippen LogP contribution is 2.27. The zero-order valence-corrected chi connectivity index (χ0v) is 13.1. The van der Waals surface area contributed by atoms with Gasteiger partial charge in [0, 0.05) is 31.0 Å². The molecule has 0 aromatic heterocycles. The Bertz CT molecular complexity index is 397. The monoisotopic (exact) mass is 298 g/mol. The Hall–Kier alpha value is -1.59. The third-order valence-corrected chi connectivity index (χ3v) is 3.41. The Balaban J connectivity index is 2.27. The molecule has 2 N–H and O–H groups in total. The summed E-state index contributed by atoms with van der Waals surface area (Å²) in [6, 6.07) is 0.223. The molecule has 0 unspecified atom stereocenters. The average Bonchev–Trinajstić information content (AvgIpc) is 3.17. The molecule has 0 radical (unpaired) electrons. The maximum absolute atomic E-state index is 12.1. The highest BCUT2D eigenvalue weighted by Gasteiger charge is 2.32. The van der Waals surface area contributed by atoms with E-state index in [1.165, 1.54) is 0 Å². The molecule has 0 heterocycles. The van der Waals surface area contributed by atoms with Crippen molar-refractivity contribution in [3.05, 3.63) is 0 Å². The lowest BCUT2D eigenvalue weighted by molar-refractivity contribution is -0.139. The molecule has 6 nitrogen and oxygen atoms in total. The van der Waals surface area contributed by atoms with E-state index in [4.69, 9.17) is 5.11 Å². The van der Waals surface area contributed by atoms with Gasteiger partial charge in [-0.2, -0.15) is 0 Å². The van der Waals surface area contributed by atoms with Gasteiger partial charge in [0.25, 0.3) is 0 Å². The van der Waals surface area contributed by atoms with E-state index >= 15 is 0 Å². The van der Waals surface area contributed by atoms with Crippen LogP contribution in [0.1, 0.15) is 52.9 Å². The number of hydrogen-bond donors (Lipinski definition) is 2. The highest BCUT2D eigenvalue weighted by atomic mass is 16.4. The highest BCUT2D eigenvalue weighted by molar-refractivity contribution is 5.81. The third kappa shape index (κ3) is 6.60. The molecule has 0 aromatic rings. The normalized spacial score (nSPS) is 14.6. The summed E-state index contributed by atoms with van der Waals surface area (Å²) in [5.74, 6) is -0.922. The molecule has 0 bridgehead atoms. The fourth-order valence-electron chi connectivity index (χ4n) is 1.96. The third-order valence-electron chi connectivity index (χ3n) is 3.41. The zero-order valence-electron chi connectivity index (χ0n) is 13.1. The number of carboxylic acids is 1. The average molecular weight is 298 g/mol. The molecule has 6 heteroatoms. The number of carboxylic acid groups (broad SMARTS) is 1. The van der Waals surface area contributed by atoms with E-state index in [2.05, 4.69) is 5.32 Å². The molecule has 2 amide bonds. The molecule has 120 valence electrons. The van der Waals surface area contributed by atoms with Crippen molar-refractivity contribution in [2.45, 2.75) is 58.9 Å². The minimum atomic E-state index is -0.883. The number of carbonyl (C=O) groups is 3. The van der Waals surface area contributed by atoms with E-state index in [1.807, 2.05) is 20.8 Å². The van der Waals surface area contributed by atoms with Crippen LogP contribution in [0.15, 0.2) is 0 Å². The van der Waals surface area contributed by atoms with Crippen molar-refractivity contribution >= 4 is 17.8 Å². The summed E-state index contributed by atoms with van der Waals surface area (Å²) in [4.78, 5) is 36.1. The van der Waals surface area contributed by atoms with Crippen molar-refractivity contribution in [2.75, 3.05) is 13.1 Å². The molecule has 1 aliphatic carbocycles. The molecule has 0 atom stereocenters. The van der Waals surface area contributed by atoms with Gasteiger partial charge in [0.2, 0.25) is 11.8 Å². The minimum absolute atomic E-state index is 0.0104. The van der Waals surface area contributed by atoms with Crippen LogP contribution in [0, 0.1) is 5.41 Å². The van der Waals surface area contributed by atoms with Crippen molar-refractivity contribution < 1.29 is 19.5 Å². The molecular weight excluding hydrogens is 272 g/mol. The first kappa shape index (κ1) is 17.5. The quantitative estimate of drug-likeness (QED) is 0.663. The van der Waals surface area contributed by atoms with E-state index in [-0.39, 0.29) is 30.8 Å². The van der Waals surface area contributed by atoms with Crippen molar-refractivity contribution in [3.8, 4) is 0 Å².